The van der Waals surface area contributed by atoms with Crippen LogP contribution < -0.4 is 9.46 Å². The summed E-state index contributed by atoms with van der Waals surface area (Å²) in [6, 6.07) is 15.7. The van der Waals surface area contributed by atoms with Crippen LogP contribution >= 0.6 is 0 Å². The molecule has 41 heavy (non-hydrogen) atoms. The highest BCUT2D eigenvalue weighted by Gasteiger charge is 2.30. The molecular formula is C29H31N7O4S. The summed E-state index contributed by atoms with van der Waals surface area (Å²) in [6.07, 6.45) is 1.46. The lowest BCUT2D eigenvalue weighted by molar-refractivity contribution is 0.0690. The average Bonchev–Trinajstić information content (AvgIpc) is 3.23. The maximum Gasteiger partial charge on any atom is 0.264 e. The summed E-state index contributed by atoms with van der Waals surface area (Å²) in [6.45, 7) is 6.43. The van der Waals surface area contributed by atoms with Gasteiger partial charge >= 0.3 is 0 Å². The van der Waals surface area contributed by atoms with Crippen LogP contribution in [0.15, 0.2) is 65.7 Å². The van der Waals surface area contributed by atoms with Crippen LogP contribution in [-0.4, -0.2) is 76.2 Å². The normalized spacial score (nSPS) is 18.8. The number of anilines is 1. The van der Waals surface area contributed by atoms with Crippen LogP contribution in [0.5, 0.6) is 5.88 Å². The van der Waals surface area contributed by atoms with Gasteiger partial charge in [-0.15, -0.1) is 0 Å². The van der Waals surface area contributed by atoms with Crippen molar-refractivity contribution < 1.29 is 17.9 Å². The first-order valence-corrected chi connectivity index (χ1v) is 14.9. The zero-order chi connectivity index (χ0) is 28.7. The van der Waals surface area contributed by atoms with Gasteiger partial charge in [0.05, 0.1) is 22.8 Å². The van der Waals surface area contributed by atoms with Crippen LogP contribution in [-0.2, 0) is 23.6 Å². The molecule has 1 atom stereocenters. The highest BCUT2D eigenvalue weighted by atomic mass is 32.2. The molecular weight excluding hydrogens is 542 g/mol. The van der Waals surface area contributed by atoms with Crippen molar-refractivity contribution in [2.24, 2.45) is 7.05 Å². The van der Waals surface area contributed by atoms with Crippen LogP contribution in [0.25, 0.3) is 11.3 Å². The SMILES string of the molecule is Cc1cccc(C)c1-c1cc2nc(n1)NS(=O)(=O)c1cccc(c1)C(=O)N1CCN(Cc3ccn(C)n3)C[C@@H](C1)O2. The minimum absolute atomic E-state index is 0.0470. The summed E-state index contributed by atoms with van der Waals surface area (Å²) in [4.78, 5) is 26.6. The predicted molar refractivity (Wildman–Crippen MR) is 153 cm³/mol. The molecule has 6 rings (SSSR count). The van der Waals surface area contributed by atoms with Gasteiger partial charge in [0.25, 0.3) is 15.9 Å². The number of nitrogens with zero attached hydrogens (tertiary/aromatic N) is 6. The van der Waals surface area contributed by atoms with E-state index in [0.717, 1.165) is 22.4 Å². The standard InChI is InChI=1S/C29H31N7O4S/c1-19-6-4-7-20(2)27(19)25-15-26-31-29(30-25)33-41(38,39)24-9-5-8-21(14-24)28(37)36-13-12-35(17-23(18-36)40-26)16-22-10-11-34(3)32-22/h4-11,14-15,23H,12-13,16-18H2,1-3H3,(H,30,31,33)/t23-/m0/s1. The Balaban J connectivity index is 1.46. The van der Waals surface area contributed by atoms with Gasteiger partial charge < -0.3 is 9.64 Å². The Kier molecular flexibility index (Phi) is 6.96. The Labute approximate surface area is 238 Å². The van der Waals surface area contributed by atoms with E-state index in [-0.39, 0.29) is 28.2 Å². The number of carbonyl (C=O) groups is 1. The zero-order valence-corrected chi connectivity index (χ0v) is 23.9. The van der Waals surface area contributed by atoms with Crippen LogP contribution in [0.3, 0.4) is 0 Å². The molecule has 1 fully saturated rings. The van der Waals surface area contributed by atoms with Crippen molar-refractivity contribution in [1.82, 2.24) is 29.5 Å². The number of aromatic nitrogens is 4. The number of hydrogen-bond donors (Lipinski definition) is 1. The van der Waals surface area contributed by atoms with Crippen molar-refractivity contribution in [3.63, 3.8) is 0 Å². The number of aryl methyl sites for hydroxylation is 3. The Morgan fingerprint density at radius 1 is 1.00 bits per heavy atom. The maximum absolute atomic E-state index is 13.6. The fourth-order valence-corrected chi connectivity index (χ4v) is 6.41. The van der Waals surface area contributed by atoms with Crippen LogP contribution in [0.2, 0.25) is 0 Å². The maximum atomic E-state index is 13.6. The Bertz CT molecular complexity index is 1720. The lowest BCUT2D eigenvalue weighted by atomic mass is 10.00. The Morgan fingerprint density at radius 2 is 1.78 bits per heavy atom. The van der Waals surface area contributed by atoms with E-state index >= 15 is 0 Å². The van der Waals surface area contributed by atoms with Crippen molar-refractivity contribution >= 4 is 21.9 Å². The van der Waals surface area contributed by atoms with Crippen LogP contribution in [0.1, 0.15) is 27.2 Å². The molecule has 4 heterocycles. The van der Waals surface area contributed by atoms with Gasteiger partial charge in [0.15, 0.2) is 0 Å². The van der Waals surface area contributed by atoms with Gasteiger partial charge in [0.1, 0.15) is 6.10 Å². The summed E-state index contributed by atoms with van der Waals surface area (Å²) >= 11 is 0. The van der Waals surface area contributed by atoms with E-state index in [4.69, 9.17) is 4.74 Å². The van der Waals surface area contributed by atoms with Crippen molar-refractivity contribution in [2.45, 2.75) is 31.4 Å². The monoisotopic (exact) mass is 573 g/mol. The van der Waals surface area contributed by atoms with Crippen LogP contribution in [0, 0.1) is 13.8 Å². The number of ether oxygens (including phenoxy) is 1. The molecule has 1 N–H and O–H groups in total. The minimum atomic E-state index is -4.09. The van der Waals surface area contributed by atoms with Gasteiger partial charge in [0, 0.05) is 56.6 Å². The van der Waals surface area contributed by atoms with Crippen molar-refractivity contribution in [1.29, 1.82) is 0 Å². The molecule has 6 bridgehead atoms. The first-order valence-electron chi connectivity index (χ1n) is 13.4. The number of rotatable bonds is 3. The second-order valence-electron chi connectivity index (χ2n) is 10.5. The second-order valence-corrected chi connectivity index (χ2v) is 12.2. The van der Waals surface area contributed by atoms with E-state index < -0.39 is 16.1 Å². The average molecular weight is 574 g/mol. The molecule has 4 aromatic rings. The molecule has 2 aliphatic rings. The summed E-state index contributed by atoms with van der Waals surface area (Å²) in [5.41, 5.74) is 4.60. The summed E-state index contributed by atoms with van der Waals surface area (Å²) in [7, 11) is -2.21. The Hall–Kier alpha value is -4.29. The largest absolute Gasteiger partial charge is 0.471 e. The predicted octanol–water partition coefficient (Wildman–Crippen LogP) is 3.01. The molecule has 0 saturated carbocycles. The van der Waals surface area contributed by atoms with Gasteiger partial charge in [-0.05, 0) is 49.2 Å². The molecule has 2 aromatic heterocycles. The lowest BCUT2D eigenvalue weighted by Gasteiger charge is -2.25. The number of carbonyl (C=O) groups excluding carboxylic acids is 1. The fraction of sp³-hybridized carbons (Fsp3) is 0.310. The number of amides is 1. The molecule has 2 aromatic carbocycles. The van der Waals surface area contributed by atoms with E-state index in [9.17, 15) is 13.2 Å². The molecule has 0 unspecified atom stereocenters. The summed E-state index contributed by atoms with van der Waals surface area (Å²) < 4.78 is 37.5. The Morgan fingerprint density at radius 3 is 2.54 bits per heavy atom. The van der Waals surface area contributed by atoms with Gasteiger partial charge in [-0.3, -0.25) is 14.4 Å². The van der Waals surface area contributed by atoms with Crippen LogP contribution in [0.4, 0.5) is 5.95 Å². The molecule has 1 saturated heterocycles. The smallest absolute Gasteiger partial charge is 0.264 e. The van der Waals surface area contributed by atoms with Gasteiger partial charge in [0.2, 0.25) is 11.8 Å². The number of benzene rings is 2. The number of sulfonamides is 1. The summed E-state index contributed by atoms with van der Waals surface area (Å²) in [5.74, 6) is -0.144. The highest BCUT2D eigenvalue weighted by molar-refractivity contribution is 7.92. The van der Waals surface area contributed by atoms with E-state index in [0.29, 0.717) is 38.4 Å². The molecule has 0 radical (unpaired) electrons. The second kappa shape index (κ2) is 10.6. The van der Waals surface area contributed by atoms with E-state index in [1.165, 1.54) is 12.1 Å². The molecule has 11 nitrogen and oxygen atoms in total. The first kappa shape index (κ1) is 26.9. The molecule has 1 amide bonds. The first-order chi connectivity index (χ1) is 19.6. The number of nitrogens with one attached hydrogen (secondary N) is 1. The van der Waals surface area contributed by atoms with Gasteiger partial charge in [-0.1, -0.05) is 24.3 Å². The minimum Gasteiger partial charge on any atom is -0.471 e. The molecule has 0 aliphatic carbocycles. The number of fused-ring (bicyclic) bond motifs is 6. The molecule has 0 spiro atoms. The quantitative estimate of drug-likeness (QED) is 0.397. The summed E-state index contributed by atoms with van der Waals surface area (Å²) in [5, 5.41) is 4.52. The molecule has 12 heteroatoms. The topological polar surface area (TPSA) is 123 Å². The van der Waals surface area contributed by atoms with E-state index in [1.54, 1.807) is 27.8 Å². The molecule has 212 valence electrons. The van der Waals surface area contributed by atoms with Gasteiger partial charge in [-0.2, -0.15) is 10.1 Å². The van der Waals surface area contributed by atoms with E-state index in [1.807, 2.05) is 51.4 Å². The van der Waals surface area contributed by atoms with Crippen molar-refractivity contribution in [3.05, 3.63) is 83.2 Å². The lowest BCUT2D eigenvalue weighted by Crippen LogP contribution is -2.40. The fourth-order valence-electron chi connectivity index (χ4n) is 5.42. The highest BCUT2D eigenvalue weighted by Crippen LogP contribution is 2.30. The number of hydrogen-bond acceptors (Lipinski definition) is 8. The third-order valence-corrected chi connectivity index (χ3v) is 8.68. The third kappa shape index (κ3) is 5.66. The van der Waals surface area contributed by atoms with Gasteiger partial charge in [-0.25, -0.2) is 18.1 Å². The van der Waals surface area contributed by atoms with E-state index in [2.05, 4.69) is 24.7 Å². The third-order valence-electron chi connectivity index (χ3n) is 7.36. The zero-order valence-electron chi connectivity index (χ0n) is 23.1. The van der Waals surface area contributed by atoms with Crippen molar-refractivity contribution in [3.8, 4) is 17.1 Å². The van der Waals surface area contributed by atoms with Crippen molar-refractivity contribution in [2.75, 3.05) is 30.9 Å². The molecule has 2 aliphatic heterocycles.